The molecule has 1 aliphatic rings. The zero-order valence-corrected chi connectivity index (χ0v) is 12.3. The summed E-state index contributed by atoms with van der Waals surface area (Å²) >= 11 is 0. The Morgan fingerprint density at radius 2 is 1.89 bits per heavy atom. The summed E-state index contributed by atoms with van der Waals surface area (Å²) in [6, 6.07) is 6.27. The van der Waals surface area contributed by atoms with Gasteiger partial charge in [0, 0.05) is 7.05 Å². The van der Waals surface area contributed by atoms with Crippen molar-refractivity contribution in [2.75, 3.05) is 17.6 Å². The second-order valence-electron chi connectivity index (χ2n) is 5.48. The fourth-order valence-electron chi connectivity index (χ4n) is 2.17. The van der Waals surface area contributed by atoms with Crippen molar-refractivity contribution in [3.8, 4) is 0 Å². The van der Waals surface area contributed by atoms with E-state index < -0.39 is 10.0 Å². The van der Waals surface area contributed by atoms with Crippen LogP contribution in [0.3, 0.4) is 0 Å². The van der Waals surface area contributed by atoms with Crippen molar-refractivity contribution < 1.29 is 8.42 Å². The molecule has 0 amide bonds. The minimum absolute atomic E-state index is 0.317. The molecule has 1 aromatic carbocycles. The third-order valence-electron chi connectivity index (χ3n) is 3.56. The Morgan fingerprint density at radius 1 is 1.28 bits per heavy atom. The molecule has 1 fully saturated rings. The van der Waals surface area contributed by atoms with Crippen molar-refractivity contribution in [2.45, 2.75) is 38.5 Å². The molecule has 0 atom stereocenters. The van der Waals surface area contributed by atoms with Crippen LogP contribution in [0.2, 0.25) is 0 Å². The first-order chi connectivity index (χ1) is 8.30. The Balaban J connectivity index is 2.49. The molecule has 3 nitrogen and oxygen atoms in total. The van der Waals surface area contributed by atoms with Crippen LogP contribution in [0.5, 0.6) is 0 Å². The Kier molecular flexibility index (Phi) is 3.41. The highest BCUT2D eigenvalue weighted by Gasteiger charge is 2.26. The topological polar surface area (TPSA) is 37.4 Å². The van der Waals surface area contributed by atoms with Crippen LogP contribution < -0.4 is 4.31 Å². The summed E-state index contributed by atoms with van der Waals surface area (Å²) in [7, 11) is -1.57. The molecule has 0 bridgehead atoms. The Labute approximate surface area is 110 Å². The molecular weight excluding hydrogens is 246 g/mol. The molecule has 0 saturated heterocycles. The minimum atomic E-state index is -3.20. The lowest BCUT2D eigenvalue weighted by Gasteiger charge is -2.23. The fraction of sp³-hybridized carbons (Fsp3) is 0.571. The van der Waals surface area contributed by atoms with Gasteiger partial charge in [-0.3, -0.25) is 4.31 Å². The maximum absolute atomic E-state index is 11.7. The van der Waals surface area contributed by atoms with E-state index in [9.17, 15) is 8.42 Å². The van der Waals surface area contributed by atoms with Gasteiger partial charge in [-0.15, -0.1) is 0 Å². The van der Waals surface area contributed by atoms with Crippen molar-refractivity contribution in [1.29, 1.82) is 0 Å². The van der Waals surface area contributed by atoms with E-state index in [1.54, 1.807) is 7.05 Å². The van der Waals surface area contributed by atoms with Gasteiger partial charge in [-0.25, -0.2) is 8.42 Å². The predicted molar refractivity (Wildman–Crippen MR) is 75.8 cm³/mol. The Bertz CT molecular complexity index is 545. The third-order valence-corrected chi connectivity index (χ3v) is 4.75. The lowest BCUT2D eigenvalue weighted by Crippen LogP contribution is -2.26. The van der Waals surface area contributed by atoms with Crippen molar-refractivity contribution in [3.05, 3.63) is 29.3 Å². The van der Waals surface area contributed by atoms with Crippen LogP contribution in [0.25, 0.3) is 0 Å². The minimum Gasteiger partial charge on any atom is -0.273 e. The first kappa shape index (κ1) is 13.4. The zero-order valence-electron chi connectivity index (χ0n) is 11.5. The predicted octanol–water partition coefficient (Wildman–Crippen LogP) is 3.08. The molecule has 100 valence electrons. The van der Waals surface area contributed by atoms with Gasteiger partial charge in [0.1, 0.15) is 0 Å². The third kappa shape index (κ3) is 2.69. The highest BCUT2D eigenvalue weighted by molar-refractivity contribution is 7.92. The van der Waals surface area contributed by atoms with Gasteiger partial charge in [-0.05, 0) is 41.9 Å². The summed E-state index contributed by atoms with van der Waals surface area (Å²) in [5.74, 6) is 0.954. The van der Waals surface area contributed by atoms with Gasteiger partial charge < -0.3 is 0 Å². The number of hydrogen-bond donors (Lipinski definition) is 0. The van der Waals surface area contributed by atoms with Crippen LogP contribution >= 0.6 is 0 Å². The summed E-state index contributed by atoms with van der Waals surface area (Å²) in [5.41, 5.74) is 3.19. The first-order valence-electron chi connectivity index (χ1n) is 6.38. The number of rotatable bonds is 4. The van der Waals surface area contributed by atoms with Crippen molar-refractivity contribution in [2.24, 2.45) is 0 Å². The first-order valence-corrected chi connectivity index (χ1v) is 8.23. The van der Waals surface area contributed by atoms with Crippen molar-refractivity contribution in [1.82, 2.24) is 0 Å². The smallest absolute Gasteiger partial charge is 0.232 e. The molecule has 2 rings (SSSR count). The van der Waals surface area contributed by atoms with Crippen LogP contribution in [-0.2, 0) is 10.0 Å². The second kappa shape index (κ2) is 4.57. The van der Waals surface area contributed by atoms with E-state index >= 15 is 0 Å². The molecule has 0 unspecified atom stereocenters. The highest BCUT2D eigenvalue weighted by Crippen LogP contribution is 2.42. The van der Waals surface area contributed by atoms with E-state index in [0.717, 1.165) is 11.3 Å². The molecule has 0 N–H and O–H groups in total. The molecule has 0 spiro atoms. The maximum atomic E-state index is 11.7. The summed E-state index contributed by atoms with van der Waals surface area (Å²) < 4.78 is 24.9. The highest BCUT2D eigenvalue weighted by atomic mass is 32.2. The van der Waals surface area contributed by atoms with E-state index in [1.807, 2.05) is 6.07 Å². The summed E-state index contributed by atoms with van der Waals surface area (Å²) in [6.45, 7) is 4.18. The largest absolute Gasteiger partial charge is 0.273 e. The van der Waals surface area contributed by atoms with Gasteiger partial charge in [0.2, 0.25) is 10.0 Å². The molecule has 18 heavy (non-hydrogen) atoms. The molecule has 0 heterocycles. The molecule has 1 saturated carbocycles. The number of sulfonamides is 1. The second-order valence-corrected chi connectivity index (χ2v) is 7.49. The molecule has 0 radical (unpaired) electrons. The summed E-state index contributed by atoms with van der Waals surface area (Å²) in [5, 5.41) is 0. The van der Waals surface area contributed by atoms with E-state index in [2.05, 4.69) is 26.0 Å². The lowest BCUT2D eigenvalue weighted by molar-refractivity contribution is 0.600. The Morgan fingerprint density at radius 3 is 2.33 bits per heavy atom. The number of benzene rings is 1. The quantitative estimate of drug-likeness (QED) is 0.840. The van der Waals surface area contributed by atoms with Crippen LogP contribution in [0.15, 0.2) is 18.2 Å². The average Bonchev–Trinajstić information content (AvgIpc) is 3.09. The van der Waals surface area contributed by atoms with Gasteiger partial charge in [0.05, 0.1) is 11.9 Å². The van der Waals surface area contributed by atoms with E-state index in [1.165, 1.54) is 29.0 Å². The fourth-order valence-corrected chi connectivity index (χ4v) is 2.69. The normalized spacial score (nSPS) is 16.1. The zero-order chi connectivity index (χ0) is 13.5. The van der Waals surface area contributed by atoms with Crippen LogP contribution in [0, 0.1) is 0 Å². The number of anilines is 1. The molecule has 1 aromatic rings. The van der Waals surface area contributed by atoms with E-state index in [-0.39, 0.29) is 0 Å². The standard InChI is InChI=1S/C14H21NO2S/c1-10(2)13-8-7-12(11-5-6-11)9-14(13)15(3)18(4,16)17/h7-11H,5-6H2,1-4H3. The van der Waals surface area contributed by atoms with Gasteiger partial charge >= 0.3 is 0 Å². The van der Waals surface area contributed by atoms with E-state index in [4.69, 9.17) is 0 Å². The summed E-state index contributed by atoms with van der Waals surface area (Å²) in [4.78, 5) is 0. The molecule has 4 heteroatoms. The Hall–Kier alpha value is -1.03. The van der Waals surface area contributed by atoms with Crippen molar-refractivity contribution in [3.63, 3.8) is 0 Å². The SMILES string of the molecule is CC(C)c1ccc(C2CC2)cc1N(C)S(C)(=O)=O. The van der Waals surface area contributed by atoms with Crippen molar-refractivity contribution >= 4 is 15.7 Å². The lowest BCUT2D eigenvalue weighted by atomic mass is 9.98. The van der Waals surface area contributed by atoms with Crippen LogP contribution in [-0.4, -0.2) is 21.7 Å². The molecule has 0 aromatic heterocycles. The monoisotopic (exact) mass is 267 g/mol. The average molecular weight is 267 g/mol. The van der Waals surface area contributed by atoms with Crippen LogP contribution in [0.1, 0.15) is 49.7 Å². The molecule has 0 aliphatic heterocycles. The molecule has 1 aliphatic carbocycles. The number of nitrogens with zero attached hydrogens (tertiary/aromatic N) is 1. The maximum Gasteiger partial charge on any atom is 0.232 e. The van der Waals surface area contributed by atoms with Gasteiger partial charge in [-0.1, -0.05) is 26.0 Å². The van der Waals surface area contributed by atoms with E-state index in [0.29, 0.717) is 11.8 Å². The van der Waals surface area contributed by atoms with Gasteiger partial charge in [-0.2, -0.15) is 0 Å². The van der Waals surface area contributed by atoms with Gasteiger partial charge in [0.15, 0.2) is 0 Å². The van der Waals surface area contributed by atoms with Crippen LogP contribution in [0.4, 0.5) is 5.69 Å². The van der Waals surface area contributed by atoms with Gasteiger partial charge in [0.25, 0.3) is 0 Å². The molecular formula is C14H21NO2S. The summed E-state index contributed by atoms with van der Waals surface area (Å²) in [6.07, 6.45) is 3.70. The number of hydrogen-bond acceptors (Lipinski definition) is 2.